The van der Waals surface area contributed by atoms with E-state index in [1.165, 1.54) is 12.1 Å². The summed E-state index contributed by atoms with van der Waals surface area (Å²) in [6.45, 7) is 6.97. The summed E-state index contributed by atoms with van der Waals surface area (Å²) in [5, 5.41) is 7.55. The lowest BCUT2D eigenvalue weighted by Gasteiger charge is -2.33. The Morgan fingerprint density at radius 1 is 1.23 bits per heavy atom. The molecule has 30 heavy (non-hydrogen) atoms. The molecule has 2 aliphatic heterocycles. The van der Waals surface area contributed by atoms with E-state index in [2.05, 4.69) is 15.3 Å². The third-order valence-electron chi connectivity index (χ3n) is 5.98. The molecule has 0 aliphatic carbocycles. The van der Waals surface area contributed by atoms with Crippen molar-refractivity contribution in [2.75, 3.05) is 26.2 Å². The molecule has 1 N–H and O–H groups in total. The molecule has 0 bridgehead atoms. The number of rotatable bonds is 4. The van der Waals surface area contributed by atoms with Crippen molar-refractivity contribution in [3.8, 4) is 0 Å². The Labute approximate surface area is 175 Å². The highest BCUT2D eigenvalue weighted by Crippen LogP contribution is 2.26. The number of carbonyl (C=O) groups is 2. The smallest absolute Gasteiger partial charge is 0.244 e. The van der Waals surface area contributed by atoms with Crippen molar-refractivity contribution in [3.05, 3.63) is 53.1 Å². The van der Waals surface area contributed by atoms with E-state index in [-0.39, 0.29) is 24.2 Å². The fourth-order valence-electron chi connectivity index (χ4n) is 4.57. The van der Waals surface area contributed by atoms with E-state index in [1.54, 1.807) is 10.7 Å². The van der Waals surface area contributed by atoms with Crippen LogP contribution in [0.5, 0.6) is 0 Å². The number of hydrogen-bond acceptors (Lipinski definition) is 4. The number of carbonyl (C=O) groups excluding carboxylic acids is 2. The minimum absolute atomic E-state index is 0.00425. The Hall–Kier alpha value is -2.74. The third kappa shape index (κ3) is 4.53. The molecule has 1 unspecified atom stereocenters. The van der Waals surface area contributed by atoms with Gasteiger partial charge in [0.15, 0.2) is 0 Å². The fourth-order valence-corrected chi connectivity index (χ4v) is 4.57. The number of likely N-dealkylation sites (tertiary alicyclic amines) is 1. The van der Waals surface area contributed by atoms with E-state index in [1.807, 2.05) is 30.9 Å². The molecule has 4 rings (SSSR count). The first kappa shape index (κ1) is 20.5. The molecule has 7 nitrogen and oxygen atoms in total. The van der Waals surface area contributed by atoms with Crippen LogP contribution < -0.4 is 5.32 Å². The van der Waals surface area contributed by atoms with Crippen LogP contribution in [0.3, 0.4) is 0 Å². The average molecular weight is 413 g/mol. The van der Waals surface area contributed by atoms with Crippen LogP contribution in [0.15, 0.2) is 30.3 Å². The molecule has 0 radical (unpaired) electrons. The lowest BCUT2D eigenvalue weighted by atomic mass is 9.98. The largest absolute Gasteiger partial charge is 0.347 e. The first-order valence-corrected chi connectivity index (χ1v) is 10.4. The highest BCUT2D eigenvalue weighted by molar-refractivity contribution is 5.79. The van der Waals surface area contributed by atoms with Gasteiger partial charge in [0, 0.05) is 44.8 Å². The zero-order valence-electron chi connectivity index (χ0n) is 17.5. The number of benzene rings is 1. The summed E-state index contributed by atoms with van der Waals surface area (Å²) in [5.74, 6) is -0.245. The molecule has 2 aliphatic rings. The van der Waals surface area contributed by atoms with Gasteiger partial charge >= 0.3 is 0 Å². The van der Waals surface area contributed by atoms with Gasteiger partial charge in [-0.2, -0.15) is 5.10 Å². The van der Waals surface area contributed by atoms with Gasteiger partial charge in [-0.05, 0) is 44.0 Å². The van der Waals surface area contributed by atoms with Gasteiger partial charge in [0.25, 0.3) is 0 Å². The predicted molar refractivity (Wildman–Crippen MR) is 110 cm³/mol. The van der Waals surface area contributed by atoms with Crippen LogP contribution in [0.2, 0.25) is 0 Å². The standard InChI is InChI=1S/C22H28FN5O2/c1-16-10-17(2)28(25-16)13-21(30)27-9-7-22(15-27)14-26(8-6-20(29)24-22)12-18-4-3-5-19(23)11-18/h3-5,10-11H,6-9,12-15H2,1-2H3,(H,24,29). The first-order chi connectivity index (χ1) is 14.3. The van der Waals surface area contributed by atoms with Crippen LogP contribution in [-0.2, 0) is 22.7 Å². The van der Waals surface area contributed by atoms with E-state index in [4.69, 9.17) is 0 Å². The molecule has 8 heteroatoms. The van der Waals surface area contributed by atoms with E-state index in [9.17, 15) is 14.0 Å². The van der Waals surface area contributed by atoms with Crippen LogP contribution >= 0.6 is 0 Å². The molecule has 1 spiro atoms. The zero-order chi connectivity index (χ0) is 21.3. The molecule has 0 saturated carbocycles. The maximum atomic E-state index is 13.6. The molecule has 1 aromatic heterocycles. The maximum absolute atomic E-state index is 13.6. The number of aromatic nitrogens is 2. The van der Waals surface area contributed by atoms with Gasteiger partial charge in [-0.15, -0.1) is 0 Å². The highest BCUT2D eigenvalue weighted by atomic mass is 19.1. The van der Waals surface area contributed by atoms with Gasteiger partial charge in [0.1, 0.15) is 12.4 Å². The number of halogens is 1. The molecular formula is C22H28FN5O2. The van der Waals surface area contributed by atoms with Crippen molar-refractivity contribution >= 4 is 11.8 Å². The van der Waals surface area contributed by atoms with E-state index in [0.29, 0.717) is 45.6 Å². The minimum Gasteiger partial charge on any atom is -0.347 e. The Morgan fingerprint density at radius 3 is 2.80 bits per heavy atom. The molecule has 2 fully saturated rings. The third-order valence-corrected chi connectivity index (χ3v) is 5.98. The van der Waals surface area contributed by atoms with Crippen LogP contribution in [0.25, 0.3) is 0 Å². The number of aryl methyl sites for hydroxylation is 2. The van der Waals surface area contributed by atoms with Crippen LogP contribution in [0.1, 0.15) is 29.8 Å². The minimum atomic E-state index is -0.467. The van der Waals surface area contributed by atoms with Crippen molar-refractivity contribution < 1.29 is 14.0 Å². The van der Waals surface area contributed by atoms with Gasteiger partial charge < -0.3 is 10.2 Å². The number of nitrogens with one attached hydrogen (secondary N) is 1. The zero-order valence-corrected chi connectivity index (χ0v) is 17.5. The SMILES string of the molecule is Cc1cc(C)n(CC(=O)N2CCC3(CN(Cc4cccc(F)c4)CCC(=O)N3)C2)n1. The van der Waals surface area contributed by atoms with Crippen molar-refractivity contribution in [3.63, 3.8) is 0 Å². The van der Waals surface area contributed by atoms with Gasteiger partial charge in [-0.3, -0.25) is 19.2 Å². The van der Waals surface area contributed by atoms with Crippen LogP contribution in [0, 0.1) is 19.7 Å². The number of nitrogens with zero attached hydrogens (tertiary/aromatic N) is 4. The normalized spacial score (nSPS) is 22.4. The molecule has 2 amide bonds. The molecule has 3 heterocycles. The second-order valence-electron chi connectivity index (χ2n) is 8.57. The Morgan fingerprint density at radius 2 is 2.07 bits per heavy atom. The molecule has 1 atom stereocenters. The van der Waals surface area contributed by atoms with Crippen molar-refractivity contribution in [1.82, 2.24) is 24.9 Å². The maximum Gasteiger partial charge on any atom is 0.244 e. The summed E-state index contributed by atoms with van der Waals surface area (Å²) in [7, 11) is 0. The summed E-state index contributed by atoms with van der Waals surface area (Å²) in [4.78, 5) is 29.3. The summed E-state index contributed by atoms with van der Waals surface area (Å²) in [6, 6.07) is 8.52. The lowest BCUT2D eigenvalue weighted by Crippen LogP contribution is -2.55. The van der Waals surface area contributed by atoms with Gasteiger partial charge in [0.05, 0.1) is 11.2 Å². The fraction of sp³-hybridized carbons (Fsp3) is 0.500. The molecule has 160 valence electrons. The van der Waals surface area contributed by atoms with E-state index in [0.717, 1.165) is 17.0 Å². The predicted octanol–water partition coefficient (Wildman–Crippen LogP) is 1.63. The van der Waals surface area contributed by atoms with Gasteiger partial charge in [-0.25, -0.2) is 4.39 Å². The van der Waals surface area contributed by atoms with Crippen LogP contribution in [-0.4, -0.2) is 63.1 Å². The quantitative estimate of drug-likeness (QED) is 0.827. The topological polar surface area (TPSA) is 70.5 Å². The second kappa shape index (κ2) is 8.18. The molecular weight excluding hydrogens is 385 g/mol. The average Bonchev–Trinajstić information content (AvgIpc) is 3.17. The Kier molecular flexibility index (Phi) is 5.60. The van der Waals surface area contributed by atoms with E-state index >= 15 is 0 Å². The van der Waals surface area contributed by atoms with E-state index < -0.39 is 5.54 Å². The summed E-state index contributed by atoms with van der Waals surface area (Å²) < 4.78 is 15.3. The molecule has 2 aromatic rings. The first-order valence-electron chi connectivity index (χ1n) is 10.4. The Balaban J connectivity index is 1.44. The molecule has 1 aromatic carbocycles. The van der Waals surface area contributed by atoms with Crippen molar-refractivity contribution in [1.29, 1.82) is 0 Å². The number of amides is 2. The Bertz CT molecular complexity index is 959. The second-order valence-corrected chi connectivity index (χ2v) is 8.57. The molecule has 2 saturated heterocycles. The summed E-state index contributed by atoms with van der Waals surface area (Å²) in [5.41, 5.74) is 2.27. The summed E-state index contributed by atoms with van der Waals surface area (Å²) >= 11 is 0. The van der Waals surface area contributed by atoms with Gasteiger partial charge in [-0.1, -0.05) is 12.1 Å². The lowest BCUT2D eigenvalue weighted by molar-refractivity contribution is -0.131. The van der Waals surface area contributed by atoms with Crippen molar-refractivity contribution in [2.24, 2.45) is 0 Å². The number of hydrogen-bond donors (Lipinski definition) is 1. The van der Waals surface area contributed by atoms with Crippen molar-refractivity contribution in [2.45, 2.75) is 45.3 Å². The summed E-state index contributed by atoms with van der Waals surface area (Å²) in [6.07, 6.45) is 1.11. The monoisotopic (exact) mass is 413 g/mol. The van der Waals surface area contributed by atoms with Gasteiger partial charge in [0.2, 0.25) is 11.8 Å². The van der Waals surface area contributed by atoms with Crippen LogP contribution in [0.4, 0.5) is 4.39 Å². The highest BCUT2D eigenvalue weighted by Gasteiger charge is 2.43.